The van der Waals surface area contributed by atoms with Crippen molar-refractivity contribution in [3.8, 4) is 0 Å². The molecule has 0 amide bonds. The lowest BCUT2D eigenvalue weighted by atomic mass is 9.76. The van der Waals surface area contributed by atoms with Crippen LogP contribution in [0.1, 0.15) is 12.8 Å². The standard InChI is InChI=1S/C5H8BrF2N/c6-3-4(9)1-5(7,8)2-4/h1-3,9H2. The normalized spacial score (nSPS) is 29.3. The van der Waals surface area contributed by atoms with E-state index in [0.717, 1.165) is 0 Å². The number of alkyl halides is 3. The van der Waals surface area contributed by atoms with Gasteiger partial charge in [-0.2, -0.15) is 0 Å². The van der Waals surface area contributed by atoms with Gasteiger partial charge in [-0.05, 0) is 0 Å². The van der Waals surface area contributed by atoms with Crippen LogP contribution in [0, 0.1) is 0 Å². The minimum absolute atomic E-state index is 0.175. The molecule has 1 fully saturated rings. The molecule has 9 heavy (non-hydrogen) atoms. The highest BCUT2D eigenvalue weighted by atomic mass is 79.9. The molecule has 0 unspecified atom stereocenters. The molecule has 54 valence electrons. The number of hydrogen-bond acceptors (Lipinski definition) is 1. The van der Waals surface area contributed by atoms with Crippen LogP contribution in [0.25, 0.3) is 0 Å². The zero-order chi connectivity index (χ0) is 7.12. The molecule has 0 radical (unpaired) electrons. The molecule has 2 N–H and O–H groups in total. The molecule has 1 rings (SSSR count). The maximum atomic E-state index is 12.1. The summed E-state index contributed by atoms with van der Waals surface area (Å²) in [5, 5.41) is 0.468. The van der Waals surface area contributed by atoms with Gasteiger partial charge in [0.2, 0.25) is 0 Å². The number of hydrogen-bond donors (Lipinski definition) is 1. The van der Waals surface area contributed by atoms with Gasteiger partial charge in [0.15, 0.2) is 0 Å². The maximum Gasteiger partial charge on any atom is 0.251 e. The Labute approximate surface area is 60.7 Å². The highest BCUT2D eigenvalue weighted by Crippen LogP contribution is 2.44. The Hall–Kier alpha value is 0.300. The first-order chi connectivity index (χ1) is 3.97. The van der Waals surface area contributed by atoms with Gasteiger partial charge >= 0.3 is 0 Å². The summed E-state index contributed by atoms with van der Waals surface area (Å²) in [5.74, 6) is -2.50. The summed E-state index contributed by atoms with van der Waals surface area (Å²) < 4.78 is 24.2. The molecule has 0 aliphatic heterocycles. The second-order valence-electron chi connectivity index (χ2n) is 2.71. The molecule has 0 spiro atoms. The zero-order valence-corrected chi connectivity index (χ0v) is 6.42. The third-order valence-corrected chi connectivity index (χ3v) is 2.60. The summed E-state index contributed by atoms with van der Waals surface area (Å²) in [6.07, 6.45) is -0.351. The molecular weight excluding hydrogens is 192 g/mol. The Balaban J connectivity index is 2.41. The molecule has 0 aromatic rings. The summed E-state index contributed by atoms with van der Waals surface area (Å²) in [5.41, 5.74) is 4.82. The quantitative estimate of drug-likeness (QED) is 0.638. The SMILES string of the molecule is NC1(CBr)CC(F)(F)C1. The van der Waals surface area contributed by atoms with Crippen molar-refractivity contribution in [2.45, 2.75) is 24.3 Å². The van der Waals surface area contributed by atoms with Crippen LogP contribution in [-0.4, -0.2) is 16.8 Å². The molecule has 0 aromatic heterocycles. The third kappa shape index (κ3) is 1.41. The van der Waals surface area contributed by atoms with E-state index in [9.17, 15) is 8.78 Å². The number of halogens is 3. The number of rotatable bonds is 1. The van der Waals surface area contributed by atoms with Crippen molar-refractivity contribution < 1.29 is 8.78 Å². The van der Waals surface area contributed by atoms with Gasteiger partial charge in [0.1, 0.15) is 0 Å². The van der Waals surface area contributed by atoms with Crippen molar-refractivity contribution in [3.05, 3.63) is 0 Å². The van der Waals surface area contributed by atoms with Crippen LogP contribution in [0.4, 0.5) is 8.78 Å². The molecular formula is C5H8BrF2N. The molecule has 0 saturated heterocycles. The Morgan fingerprint density at radius 1 is 1.44 bits per heavy atom. The van der Waals surface area contributed by atoms with Gasteiger partial charge in [-0.3, -0.25) is 0 Å². The Kier molecular flexibility index (Phi) is 1.56. The summed E-state index contributed by atoms with van der Waals surface area (Å²) in [6, 6.07) is 0. The minimum Gasteiger partial charge on any atom is -0.324 e. The van der Waals surface area contributed by atoms with E-state index in [1.807, 2.05) is 0 Å². The minimum atomic E-state index is -2.50. The zero-order valence-electron chi connectivity index (χ0n) is 4.83. The van der Waals surface area contributed by atoms with E-state index in [1.165, 1.54) is 0 Å². The first-order valence-corrected chi connectivity index (χ1v) is 3.82. The Morgan fingerprint density at radius 3 is 2.00 bits per heavy atom. The lowest BCUT2D eigenvalue weighted by Crippen LogP contribution is -2.59. The van der Waals surface area contributed by atoms with E-state index < -0.39 is 11.5 Å². The lowest BCUT2D eigenvalue weighted by Gasteiger charge is -2.43. The smallest absolute Gasteiger partial charge is 0.251 e. The van der Waals surface area contributed by atoms with Crippen LogP contribution in [0.3, 0.4) is 0 Å². The summed E-state index contributed by atoms with van der Waals surface area (Å²) in [4.78, 5) is 0. The van der Waals surface area contributed by atoms with E-state index in [-0.39, 0.29) is 12.8 Å². The van der Waals surface area contributed by atoms with Gasteiger partial charge in [0.25, 0.3) is 5.92 Å². The fourth-order valence-electron chi connectivity index (χ4n) is 1.07. The fourth-order valence-corrected chi connectivity index (χ4v) is 1.47. The van der Waals surface area contributed by atoms with Crippen molar-refractivity contribution >= 4 is 15.9 Å². The van der Waals surface area contributed by atoms with Crippen LogP contribution in [0.5, 0.6) is 0 Å². The van der Waals surface area contributed by atoms with Crippen LogP contribution in [0.2, 0.25) is 0 Å². The average molecular weight is 200 g/mol. The van der Waals surface area contributed by atoms with Crippen LogP contribution >= 0.6 is 15.9 Å². The predicted molar refractivity (Wildman–Crippen MR) is 34.9 cm³/mol. The summed E-state index contributed by atoms with van der Waals surface area (Å²) in [7, 11) is 0. The maximum absolute atomic E-state index is 12.1. The van der Waals surface area contributed by atoms with Gasteiger partial charge in [-0.25, -0.2) is 8.78 Å². The van der Waals surface area contributed by atoms with E-state index in [0.29, 0.717) is 5.33 Å². The van der Waals surface area contributed by atoms with Crippen molar-refractivity contribution in [2.75, 3.05) is 5.33 Å². The molecule has 0 aromatic carbocycles. The molecule has 1 nitrogen and oxygen atoms in total. The van der Waals surface area contributed by atoms with Crippen LogP contribution in [0.15, 0.2) is 0 Å². The van der Waals surface area contributed by atoms with Crippen molar-refractivity contribution in [1.82, 2.24) is 0 Å². The highest BCUT2D eigenvalue weighted by Gasteiger charge is 2.53. The van der Waals surface area contributed by atoms with E-state index in [2.05, 4.69) is 15.9 Å². The van der Waals surface area contributed by atoms with Gasteiger partial charge in [-0.1, -0.05) is 15.9 Å². The fraction of sp³-hybridized carbons (Fsp3) is 1.00. The molecule has 4 heteroatoms. The lowest BCUT2D eigenvalue weighted by molar-refractivity contribution is -0.114. The van der Waals surface area contributed by atoms with E-state index >= 15 is 0 Å². The Bertz CT molecular complexity index is 118. The van der Waals surface area contributed by atoms with Gasteiger partial charge in [0, 0.05) is 23.7 Å². The highest BCUT2D eigenvalue weighted by molar-refractivity contribution is 9.09. The van der Waals surface area contributed by atoms with Crippen LogP contribution in [-0.2, 0) is 0 Å². The van der Waals surface area contributed by atoms with Crippen molar-refractivity contribution in [3.63, 3.8) is 0 Å². The van der Waals surface area contributed by atoms with Gasteiger partial charge in [0.05, 0.1) is 0 Å². The summed E-state index contributed by atoms with van der Waals surface area (Å²) >= 11 is 3.08. The molecule has 0 bridgehead atoms. The molecule has 0 heterocycles. The first-order valence-electron chi connectivity index (χ1n) is 2.70. The third-order valence-electron chi connectivity index (χ3n) is 1.49. The molecule has 0 atom stereocenters. The van der Waals surface area contributed by atoms with E-state index in [4.69, 9.17) is 5.73 Å². The average Bonchev–Trinajstić information content (AvgIpc) is 1.61. The van der Waals surface area contributed by atoms with Crippen LogP contribution < -0.4 is 5.73 Å². The summed E-state index contributed by atoms with van der Waals surface area (Å²) in [6.45, 7) is 0. The topological polar surface area (TPSA) is 26.0 Å². The molecule has 1 saturated carbocycles. The van der Waals surface area contributed by atoms with Crippen molar-refractivity contribution in [2.24, 2.45) is 5.73 Å². The van der Waals surface area contributed by atoms with Gasteiger partial charge in [-0.15, -0.1) is 0 Å². The predicted octanol–water partition coefficient (Wildman–Crippen LogP) is 1.51. The Morgan fingerprint density at radius 2 is 1.89 bits per heavy atom. The second-order valence-corrected chi connectivity index (χ2v) is 3.27. The monoisotopic (exact) mass is 199 g/mol. The molecule has 1 aliphatic carbocycles. The molecule has 1 aliphatic rings. The van der Waals surface area contributed by atoms with E-state index in [1.54, 1.807) is 0 Å². The largest absolute Gasteiger partial charge is 0.324 e. The van der Waals surface area contributed by atoms with Gasteiger partial charge < -0.3 is 5.73 Å². The number of nitrogens with two attached hydrogens (primary N) is 1. The second kappa shape index (κ2) is 1.89. The first kappa shape index (κ1) is 7.41. The van der Waals surface area contributed by atoms with Crippen molar-refractivity contribution in [1.29, 1.82) is 0 Å².